The molecular weight excluding hydrogens is 409 g/mol. The van der Waals surface area contributed by atoms with Gasteiger partial charge in [0.2, 0.25) is 5.88 Å². The van der Waals surface area contributed by atoms with Crippen LogP contribution in [-0.2, 0) is 6.54 Å². The van der Waals surface area contributed by atoms with Gasteiger partial charge in [-0.25, -0.2) is 9.37 Å². The Hall–Kier alpha value is -2.77. The molecule has 3 rings (SSSR count). The van der Waals surface area contributed by atoms with Crippen LogP contribution in [0.5, 0.6) is 5.88 Å². The zero-order chi connectivity index (χ0) is 23.3. The Kier molecular flexibility index (Phi) is 7.99. The van der Waals surface area contributed by atoms with E-state index in [4.69, 9.17) is 4.74 Å². The lowest BCUT2D eigenvalue weighted by Crippen LogP contribution is -2.49. The number of carbonyl (C=O) groups is 1. The Labute approximate surface area is 189 Å². The quantitative estimate of drug-likeness (QED) is 0.711. The Balaban J connectivity index is 1.88. The smallest absolute Gasteiger partial charge is 0.259 e. The number of halogens is 1. The Bertz CT molecular complexity index is 948. The third-order valence-corrected chi connectivity index (χ3v) is 5.76. The molecule has 1 N–H and O–H groups in total. The van der Waals surface area contributed by atoms with Crippen molar-refractivity contribution in [1.29, 1.82) is 0 Å². The highest BCUT2D eigenvalue weighted by molar-refractivity contribution is 5.97. The van der Waals surface area contributed by atoms with Crippen LogP contribution in [-0.4, -0.2) is 64.7 Å². The topological polar surface area (TPSA) is 65.9 Å². The standard InChI is InChI=1S/C25H32FN3O3/c1-5-6-20-11-22-24(27-12-20)32-23(17(2)13-29(25(22)31)18(3)16-30)15-28(4)14-19-7-9-21(26)10-8-19/h5-12,17-18,23,30H,13-16H2,1-4H3/b6-5+/t17-,18-,23-/m0/s1. The van der Waals surface area contributed by atoms with E-state index < -0.39 is 0 Å². The summed E-state index contributed by atoms with van der Waals surface area (Å²) in [6.45, 7) is 7.37. The van der Waals surface area contributed by atoms with Gasteiger partial charge in [0.05, 0.1) is 12.6 Å². The number of fused-ring (bicyclic) bond motifs is 1. The Morgan fingerprint density at radius 3 is 2.75 bits per heavy atom. The molecule has 1 aromatic heterocycles. The molecule has 0 fully saturated rings. The maximum Gasteiger partial charge on any atom is 0.259 e. The second-order valence-corrected chi connectivity index (χ2v) is 8.57. The molecular formula is C25H32FN3O3. The normalized spacial score (nSPS) is 20.1. The van der Waals surface area contributed by atoms with Gasteiger partial charge in [-0.2, -0.15) is 0 Å². The summed E-state index contributed by atoms with van der Waals surface area (Å²) in [7, 11) is 1.99. The first-order valence-corrected chi connectivity index (χ1v) is 11.0. The number of hydrogen-bond acceptors (Lipinski definition) is 5. The van der Waals surface area contributed by atoms with Crippen LogP contribution in [0, 0.1) is 11.7 Å². The van der Waals surface area contributed by atoms with Crippen LogP contribution in [0.25, 0.3) is 6.08 Å². The van der Waals surface area contributed by atoms with Crippen LogP contribution < -0.4 is 4.74 Å². The summed E-state index contributed by atoms with van der Waals surface area (Å²) in [5.41, 5.74) is 2.23. The summed E-state index contributed by atoms with van der Waals surface area (Å²) in [6.07, 6.45) is 5.25. The summed E-state index contributed by atoms with van der Waals surface area (Å²) in [5, 5.41) is 9.75. The largest absolute Gasteiger partial charge is 0.472 e. The van der Waals surface area contributed by atoms with E-state index in [1.54, 1.807) is 29.3 Å². The van der Waals surface area contributed by atoms with Crippen molar-refractivity contribution in [2.45, 2.75) is 39.5 Å². The van der Waals surface area contributed by atoms with E-state index in [0.717, 1.165) is 11.1 Å². The minimum Gasteiger partial charge on any atom is -0.472 e. The van der Waals surface area contributed by atoms with Gasteiger partial charge in [-0.1, -0.05) is 31.2 Å². The van der Waals surface area contributed by atoms with Crippen LogP contribution in [0.1, 0.15) is 42.3 Å². The molecule has 2 aromatic rings. The third kappa shape index (κ3) is 5.72. The third-order valence-electron chi connectivity index (χ3n) is 5.76. The molecule has 1 aliphatic heterocycles. The number of likely N-dealkylation sites (N-methyl/N-ethyl adjacent to an activating group) is 1. The van der Waals surface area contributed by atoms with E-state index in [-0.39, 0.29) is 36.4 Å². The molecule has 2 heterocycles. The molecule has 0 saturated carbocycles. The summed E-state index contributed by atoms with van der Waals surface area (Å²) >= 11 is 0. The van der Waals surface area contributed by atoms with Crippen molar-refractivity contribution in [3.63, 3.8) is 0 Å². The Morgan fingerprint density at radius 1 is 1.38 bits per heavy atom. The molecule has 1 aliphatic rings. The van der Waals surface area contributed by atoms with Crippen LogP contribution in [0.3, 0.4) is 0 Å². The highest BCUT2D eigenvalue weighted by Crippen LogP contribution is 2.28. The molecule has 0 spiro atoms. The van der Waals surface area contributed by atoms with E-state index in [9.17, 15) is 14.3 Å². The van der Waals surface area contributed by atoms with Crippen molar-refractivity contribution in [3.05, 3.63) is 65.1 Å². The molecule has 1 aromatic carbocycles. The molecule has 32 heavy (non-hydrogen) atoms. The molecule has 0 saturated heterocycles. The van der Waals surface area contributed by atoms with E-state index in [1.807, 2.05) is 40.0 Å². The van der Waals surface area contributed by atoms with Crippen molar-refractivity contribution in [3.8, 4) is 5.88 Å². The predicted octanol–water partition coefficient (Wildman–Crippen LogP) is 3.61. The van der Waals surface area contributed by atoms with E-state index in [0.29, 0.717) is 31.1 Å². The minimum absolute atomic E-state index is 0.00813. The van der Waals surface area contributed by atoms with Gasteiger partial charge in [0.25, 0.3) is 5.91 Å². The van der Waals surface area contributed by atoms with Crippen molar-refractivity contribution in [2.75, 3.05) is 26.7 Å². The first kappa shape index (κ1) is 23.9. The number of nitrogens with zero attached hydrogens (tertiary/aromatic N) is 3. The second kappa shape index (κ2) is 10.7. The molecule has 172 valence electrons. The van der Waals surface area contributed by atoms with Gasteiger partial charge in [-0.3, -0.25) is 9.69 Å². The fourth-order valence-corrected chi connectivity index (χ4v) is 3.89. The molecule has 0 bridgehead atoms. The summed E-state index contributed by atoms with van der Waals surface area (Å²) < 4.78 is 19.5. The number of allylic oxidation sites excluding steroid dienone is 1. The van der Waals surface area contributed by atoms with Gasteiger partial charge >= 0.3 is 0 Å². The number of pyridine rings is 1. The molecule has 0 radical (unpaired) electrons. The molecule has 1 amide bonds. The molecule has 7 heteroatoms. The number of carbonyl (C=O) groups excluding carboxylic acids is 1. The second-order valence-electron chi connectivity index (χ2n) is 8.57. The zero-order valence-corrected chi connectivity index (χ0v) is 19.2. The maximum atomic E-state index is 13.3. The van der Waals surface area contributed by atoms with Crippen molar-refractivity contribution < 1.29 is 19.0 Å². The lowest BCUT2D eigenvalue weighted by atomic mass is 9.99. The molecule has 0 aliphatic carbocycles. The first-order valence-electron chi connectivity index (χ1n) is 11.0. The lowest BCUT2D eigenvalue weighted by molar-refractivity contribution is 0.0325. The minimum atomic E-state index is -0.320. The summed E-state index contributed by atoms with van der Waals surface area (Å²) in [6, 6.07) is 7.94. The van der Waals surface area contributed by atoms with E-state index in [2.05, 4.69) is 9.88 Å². The van der Waals surface area contributed by atoms with E-state index >= 15 is 0 Å². The average molecular weight is 442 g/mol. The van der Waals surface area contributed by atoms with Gasteiger partial charge in [0.15, 0.2) is 0 Å². The number of aromatic nitrogens is 1. The van der Waals surface area contributed by atoms with Crippen LogP contribution >= 0.6 is 0 Å². The maximum absolute atomic E-state index is 13.3. The molecule has 0 unspecified atom stereocenters. The average Bonchev–Trinajstić information content (AvgIpc) is 2.77. The molecule has 3 atom stereocenters. The number of aliphatic hydroxyl groups is 1. The number of aliphatic hydroxyl groups excluding tert-OH is 1. The summed E-state index contributed by atoms with van der Waals surface area (Å²) in [5.74, 6) is -0.125. The fraction of sp³-hybridized carbons (Fsp3) is 0.440. The van der Waals surface area contributed by atoms with Crippen molar-refractivity contribution in [1.82, 2.24) is 14.8 Å². The fourth-order valence-electron chi connectivity index (χ4n) is 3.89. The Morgan fingerprint density at radius 2 is 2.09 bits per heavy atom. The number of amides is 1. The lowest BCUT2D eigenvalue weighted by Gasteiger charge is -2.37. The highest BCUT2D eigenvalue weighted by atomic mass is 19.1. The first-order chi connectivity index (χ1) is 15.3. The van der Waals surface area contributed by atoms with Gasteiger partial charge in [0.1, 0.15) is 17.5 Å². The number of rotatable bonds is 7. The zero-order valence-electron chi connectivity index (χ0n) is 19.2. The number of benzene rings is 1. The van der Waals surface area contributed by atoms with Gasteiger partial charge in [-0.05, 0) is 50.2 Å². The number of hydrogen-bond donors (Lipinski definition) is 1. The van der Waals surface area contributed by atoms with Crippen molar-refractivity contribution in [2.24, 2.45) is 5.92 Å². The van der Waals surface area contributed by atoms with Crippen LogP contribution in [0.2, 0.25) is 0 Å². The monoisotopic (exact) mass is 441 g/mol. The van der Waals surface area contributed by atoms with Crippen molar-refractivity contribution >= 4 is 12.0 Å². The summed E-state index contributed by atoms with van der Waals surface area (Å²) in [4.78, 5) is 21.6. The van der Waals surface area contributed by atoms with Crippen LogP contribution in [0.15, 0.2) is 42.6 Å². The number of ether oxygens (including phenoxy) is 1. The molecule has 6 nitrogen and oxygen atoms in total. The highest BCUT2D eigenvalue weighted by Gasteiger charge is 2.34. The van der Waals surface area contributed by atoms with E-state index in [1.165, 1.54) is 12.1 Å². The SMILES string of the molecule is C/C=C/c1cnc2c(c1)C(=O)N([C@@H](C)CO)C[C@H](C)[C@H](CN(C)Cc1ccc(F)cc1)O2. The van der Waals surface area contributed by atoms with Gasteiger partial charge < -0.3 is 14.7 Å². The van der Waals surface area contributed by atoms with Gasteiger partial charge in [0, 0.05) is 31.7 Å². The predicted molar refractivity (Wildman–Crippen MR) is 123 cm³/mol. The van der Waals surface area contributed by atoms with Crippen LogP contribution in [0.4, 0.5) is 4.39 Å². The van der Waals surface area contributed by atoms with Gasteiger partial charge in [-0.15, -0.1) is 0 Å².